The van der Waals surface area contributed by atoms with Gasteiger partial charge in [-0.3, -0.25) is 9.48 Å². The molecule has 3 heterocycles. The molecule has 0 saturated carbocycles. The van der Waals surface area contributed by atoms with Crippen LogP contribution in [0.1, 0.15) is 28.8 Å². The Balaban J connectivity index is 1.50. The van der Waals surface area contributed by atoms with Gasteiger partial charge in [0.25, 0.3) is 5.91 Å². The van der Waals surface area contributed by atoms with Crippen molar-refractivity contribution in [1.29, 1.82) is 5.26 Å². The minimum absolute atomic E-state index is 0.0904. The Morgan fingerprint density at radius 2 is 2.20 bits per heavy atom. The molecule has 0 radical (unpaired) electrons. The number of carbonyl (C=O) groups is 1. The number of piperidine rings is 1. The van der Waals surface area contributed by atoms with E-state index < -0.39 is 0 Å². The fourth-order valence-electron chi connectivity index (χ4n) is 2.95. The summed E-state index contributed by atoms with van der Waals surface area (Å²) in [5.41, 5.74) is 1.04. The van der Waals surface area contributed by atoms with Gasteiger partial charge in [-0.05, 0) is 24.8 Å². The maximum atomic E-state index is 12.1. The van der Waals surface area contributed by atoms with Crippen LogP contribution in [0.3, 0.4) is 0 Å². The molecule has 1 saturated heterocycles. The summed E-state index contributed by atoms with van der Waals surface area (Å²) in [4.78, 5) is 18.5. The van der Waals surface area contributed by atoms with Gasteiger partial charge in [-0.1, -0.05) is 11.6 Å². The zero-order chi connectivity index (χ0) is 17.8. The van der Waals surface area contributed by atoms with E-state index in [-0.39, 0.29) is 5.91 Å². The van der Waals surface area contributed by atoms with E-state index in [9.17, 15) is 4.79 Å². The highest BCUT2D eigenvalue weighted by Crippen LogP contribution is 2.28. The molecular weight excluding hydrogens is 340 g/mol. The Labute approximate surface area is 151 Å². The van der Waals surface area contributed by atoms with E-state index in [1.165, 1.54) is 0 Å². The van der Waals surface area contributed by atoms with Crippen molar-refractivity contribution in [2.75, 3.05) is 24.5 Å². The van der Waals surface area contributed by atoms with Gasteiger partial charge in [0.05, 0.1) is 22.3 Å². The molecule has 1 fully saturated rings. The van der Waals surface area contributed by atoms with Crippen molar-refractivity contribution in [3.8, 4) is 6.07 Å². The molecule has 1 aliphatic rings. The van der Waals surface area contributed by atoms with Crippen molar-refractivity contribution in [2.24, 2.45) is 13.0 Å². The quantitative estimate of drug-likeness (QED) is 0.903. The Hall–Kier alpha value is -2.59. The standard InChI is InChI=1S/C17H19ClN6O/c1-23-11-14(10-22-23)17(25)21-8-12-2-4-24(5-3-12)16-15(18)6-13(7-19)9-20-16/h6,9-12H,2-5,8H2,1H3,(H,21,25). The highest BCUT2D eigenvalue weighted by Gasteiger charge is 2.22. The average molecular weight is 359 g/mol. The van der Waals surface area contributed by atoms with Crippen molar-refractivity contribution < 1.29 is 4.79 Å². The Morgan fingerprint density at radius 1 is 1.44 bits per heavy atom. The maximum absolute atomic E-state index is 12.1. The number of nitrogens with one attached hydrogen (secondary N) is 1. The lowest BCUT2D eigenvalue weighted by molar-refractivity contribution is 0.0945. The number of pyridine rings is 1. The van der Waals surface area contributed by atoms with Crippen LogP contribution >= 0.6 is 11.6 Å². The molecule has 2 aromatic heterocycles. The van der Waals surface area contributed by atoms with Crippen LogP contribution in [0.4, 0.5) is 5.82 Å². The lowest BCUT2D eigenvalue weighted by Crippen LogP contribution is -2.39. The minimum atomic E-state index is -0.0904. The summed E-state index contributed by atoms with van der Waals surface area (Å²) in [6.07, 6.45) is 6.71. The third kappa shape index (κ3) is 4.09. The van der Waals surface area contributed by atoms with E-state index in [4.69, 9.17) is 16.9 Å². The molecule has 25 heavy (non-hydrogen) atoms. The number of hydrogen-bond donors (Lipinski definition) is 1. The molecule has 8 heteroatoms. The van der Waals surface area contributed by atoms with Crippen molar-refractivity contribution >= 4 is 23.3 Å². The van der Waals surface area contributed by atoms with Crippen LogP contribution in [-0.2, 0) is 7.05 Å². The summed E-state index contributed by atoms with van der Waals surface area (Å²) >= 11 is 6.23. The molecule has 130 valence electrons. The fourth-order valence-corrected chi connectivity index (χ4v) is 3.24. The van der Waals surface area contributed by atoms with E-state index in [1.54, 1.807) is 36.4 Å². The first-order chi connectivity index (χ1) is 12.1. The van der Waals surface area contributed by atoms with Gasteiger partial charge in [-0.15, -0.1) is 0 Å². The van der Waals surface area contributed by atoms with Crippen LogP contribution in [-0.4, -0.2) is 40.3 Å². The number of amides is 1. The van der Waals surface area contributed by atoms with Gasteiger partial charge >= 0.3 is 0 Å². The lowest BCUT2D eigenvalue weighted by atomic mass is 9.96. The number of carbonyl (C=O) groups excluding carboxylic acids is 1. The van der Waals surface area contributed by atoms with E-state index in [2.05, 4.69) is 20.3 Å². The third-order valence-corrected chi connectivity index (χ3v) is 4.66. The molecule has 2 aromatic rings. The Morgan fingerprint density at radius 3 is 2.80 bits per heavy atom. The third-order valence-electron chi connectivity index (χ3n) is 4.38. The van der Waals surface area contributed by atoms with E-state index in [0.29, 0.717) is 28.6 Å². The Bertz CT molecular complexity index is 804. The molecular formula is C17H19ClN6O. The lowest BCUT2D eigenvalue weighted by Gasteiger charge is -2.33. The van der Waals surface area contributed by atoms with Gasteiger partial charge in [-0.2, -0.15) is 10.4 Å². The number of anilines is 1. The van der Waals surface area contributed by atoms with E-state index in [1.807, 2.05) is 6.07 Å². The van der Waals surface area contributed by atoms with Crippen LogP contribution in [0.5, 0.6) is 0 Å². The van der Waals surface area contributed by atoms with Crippen LogP contribution in [0, 0.1) is 17.2 Å². The van der Waals surface area contributed by atoms with Crippen LogP contribution in [0.25, 0.3) is 0 Å². The number of hydrogen-bond acceptors (Lipinski definition) is 5. The summed E-state index contributed by atoms with van der Waals surface area (Å²) in [5, 5.41) is 16.4. The van der Waals surface area contributed by atoms with Crippen molar-refractivity contribution in [2.45, 2.75) is 12.8 Å². The normalized spacial score (nSPS) is 15.0. The highest BCUT2D eigenvalue weighted by molar-refractivity contribution is 6.33. The number of halogens is 1. The smallest absolute Gasteiger partial charge is 0.254 e. The SMILES string of the molecule is Cn1cc(C(=O)NCC2CCN(c3ncc(C#N)cc3Cl)CC2)cn1. The molecule has 0 unspecified atom stereocenters. The predicted octanol–water partition coefficient (Wildman–Crippen LogP) is 1.99. The number of aromatic nitrogens is 3. The molecule has 1 N–H and O–H groups in total. The molecule has 7 nitrogen and oxygen atoms in total. The molecule has 0 atom stereocenters. The average Bonchev–Trinajstić information content (AvgIpc) is 3.06. The Kier molecular flexibility index (Phi) is 5.19. The minimum Gasteiger partial charge on any atom is -0.355 e. The predicted molar refractivity (Wildman–Crippen MR) is 94.4 cm³/mol. The first-order valence-electron chi connectivity index (χ1n) is 8.14. The second-order valence-electron chi connectivity index (χ2n) is 6.18. The second kappa shape index (κ2) is 7.53. The number of rotatable bonds is 4. The maximum Gasteiger partial charge on any atom is 0.254 e. The second-order valence-corrected chi connectivity index (χ2v) is 6.59. The number of nitriles is 1. The van der Waals surface area contributed by atoms with Crippen LogP contribution < -0.4 is 10.2 Å². The van der Waals surface area contributed by atoms with Crippen LogP contribution in [0.15, 0.2) is 24.7 Å². The van der Waals surface area contributed by atoms with Gasteiger partial charge in [0.2, 0.25) is 0 Å². The molecule has 0 aromatic carbocycles. The number of aryl methyl sites for hydroxylation is 1. The molecule has 3 rings (SSSR count). The molecule has 1 amide bonds. The van der Waals surface area contributed by atoms with Gasteiger partial charge in [0.1, 0.15) is 11.9 Å². The summed E-state index contributed by atoms with van der Waals surface area (Å²) in [6.45, 7) is 2.30. The van der Waals surface area contributed by atoms with Crippen molar-refractivity contribution in [3.05, 3.63) is 40.8 Å². The molecule has 0 aliphatic carbocycles. The first-order valence-corrected chi connectivity index (χ1v) is 8.52. The summed E-state index contributed by atoms with van der Waals surface area (Å²) < 4.78 is 1.61. The van der Waals surface area contributed by atoms with E-state index in [0.717, 1.165) is 31.7 Å². The summed E-state index contributed by atoms with van der Waals surface area (Å²) in [6, 6.07) is 3.68. The molecule has 0 spiro atoms. The summed E-state index contributed by atoms with van der Waals surface area (Å²) in [5.74, 6) is 1.06. The zero-order valence-electron chi connectivity index (χ0n) is 13.9. The van der Waals surface area contributed by atoms with Crippen molar-refractivity contribution in [1.82, 2.24) is 20.1 Å². The van der Waals surface area contributed by atoms with Gasteiger partial charge in [0.15, 0.2) is 0 Å². The van der Waals surface area contributed by atoms with E-state index >= 15 is 0 Å². The van der Waals surface area contributed by atoms with Crippen molar-refractivity contribution in [3.63, 3.8) is 0 Å². The zero-order valence-corrected chi connectivity index (χ0v) is 14.7. The topological polar surface area (TPSA) is 86.8 Å². The van der Waals surface area contributed by atoms with Crippen LogP contribution in [0.2, 0.25) is 5.02 Å². The molecule has 1 aliphatic heterocycles. The van der Waals surface area contributed by atoms with Gasteiger partial charge < -0.3 is 10.2 Å². The first kappa shape index (κ1) is 17.2. The fraction of sp³-hybridized carbons (Fsp3) is 0.412. The largest absolute Gasteiger partial charge is 0.355 e. The molecule has 0 bridgehead atoms. The van der Waals surface area contributed by atoms with Gasteiger partial charge in [0, 0.05) is 39.1 Å². The van der Waals surface area contributed by atoms with Gasteiger partial charge in [-0.25, -0.2) is 4.98 Å². The summed E-state index contributed by atoms with van der Waals surface area (Å²) in [7, 11) is 1.79. The highest BCUT2D eigenvalue weighted by atomic mass is 35.5. The number of nitrogens with zero attached hydrogens (tertiary/aromatic N) is 5. The monoisotopic (exact) mass is 358 g/mol.